The highest BCUT2D eigenvalue weighted by atomic mass is 16.5. The van der Waals surface area contributed by atoms with Crippen LogP contribution in [0.2, 0.25) is 0 Å². The summed E-state index contributed by atoms with van der Waals surface area (Å²) in [6.07, 6.45) is 4.25. The zero-order valence-electron chi connectivity index (χ0n) is 15.4. The number of hydrogen-bond acceptors (Lipinski definition) is 5. The van der Waals surface area contributed by atoms with Crippen LogP contribution >= 0.6 is 0 Å². The lowest BCUT2D eigenvalue weighted by Gasteiger charge is -2.34. The zero-order chi connectivity index (χ0) is 19.1. The summed E-state index contributed by atoms with van der Waals surface area (Å²) in [5.41, 5.74) is -1.34. The van der Waals surface area contributed by atoms with Gasteiger partial charge in [0.15, 0.2) is 0 Å². The van der Waals surface area contributed by atoms with Crippen molar-refractivity contribution in [3.05, 3.63) is 32.6 Å². The van der Waals surface area contributed by atoms with Gasteiger partial charge in [0, 0.05) is 23.8 Å². The molecule has 1 aromatic heterocycles. The minimum absolute atomic E-state index is 0.00332. The number of aromatic nitrogens is 2. The van der Waals surface area contributed by atoms with Gasteiger partial charge in [0.05, 0.1) is 12.0 Å². The molecule has 2 saturated heterocycles. The quantitative estimate of drug-likeness (QED) is 0.771. The van der Waals surface area contributed by atoms with Crippen molar-refractivity contribution in [2.75, 3.05) is 6.61 Å². The molecule has 26 heavy (non-hydrogen) atoms. The molecular formula is C18H25N3O5. The van der Waals surface area contributed by atoms with Crippen LogP contribution in [0.1, 0.15) is 45.1 Å². The summed E-state index contributed by atoms with van der Waals surface area (Å²) in [6, 6.07) is -0.194. The number of carbonyl (C=O) groups excluding carboxylic acids is 2. The first-order valence-electron chi connectivity index (χ1n) is 9.12. The summed E-state index contributed by atoms with van der Waals surface area (Å²) in [4.78, 5) is 53.0. The third-order valence-corrected chi connectivity index (χ3v) is 5.84. The third-order valence-electron chi connectivity index (χ3n) is 5.84. The van der Waals surface area contributed by atoms with Crippen molar-refractivity contribution in [1.82, 2.24) is 14.5 Å². The Morgan fingerprint density at radius 1 is 1.31 bits per heavy atom. The first-order valence-corrected chi connectivity index (χ1v) is 9.12. The molecule has 0 unspecified atom stereocenters. The van der Waals surface area contributed by atoms with E-state index in [1.54, 1.807) is 18.7 Å². The molecule has 2 bridgehead atoms. The standard InChI is InChI=1S/C18H25N3O5/c1-4-18(16(24)26-5-2)8-12-6-7-13(18)21(12)14(22)10-20-9-11(3)15(23)19-17(20)25/h9,12-13H,4-8,10H2,1-3H3,(H,19,23,25)/t12-,13+,18+/m1/s1. The predicted octanol–water partition coefficient (Wildman–Crippen LogP) is 0.568. The molecule has 0 spiro atoms. The maximum atomic E-state index is 12.9. The van der Waals surface area contributed by atoms with Crippen molar-refractivity contribution < 1.29 is 14.3 Å². The van der Waals surface area contributed by atoms with Gasteiger partial charge in [0.25, 0.3) is 5.56 Å². The van der Waals surface area contributed by atoms with Crippen LogP contribution in [0.4, 0.5) is 0 Å². The molecule has 3 rings (SSSR count). The molecule has 1 aromatic rings. The van der Waals surface area contributed by atoms with Gasteiger partial charge >= 0.3 is 11.7 Å². The van der Waals surface area contributed by atoms with E-state index in [-0.39, 0.29) is 30.5 Å². The van der Waals surface area contributed by atoms with E-state index in [1.807, 2.05) is 6.92 Å². The molecule has 1 amide bonds. The summed E-state index contributed by atoms with van der Waals surface area (Å²) in [5.74, 6) is -0.435. The van der Waals surface area contributed by atoms with E-state index in [4.69, 9.17) is 4.74 Å². The maximum absolute atomic E-state index is 12.9. The Morgan fingerprint density at radius 3 is 2.69 bits per heavy atom. The topological polar surface area (TPSA) is 101 Å². The van der Waals surface area contributed by atoms with Crippen molar-refractivity contribution in [3.63, 3.8) is 0 Å². The number of H-pyrrole nitrogens is 1. The molecule has 8 nitrogen and oxygen atoms in total. The van der Waals surface area contributed by atoms with Gasteiger partial charge in [-0.05, 0) is 39.5 Å². The van der Waals surface area contributed by atoms with Crippen LogP contribution < -0.4 is 11.2 Å². The Bertz CT molecular complexity index is 842. The normalized spacial score (nSPS) is 27.0. The Kier molecular flexibility index (Phi) is 4.77. The molecule has 2 fully saturated rings. The van der Waals surface area contributed by atoms with Crippen LogP contribution in [-0.2, 0) is 20.9 Å². The molecule has 0 saturated carbocycles. The lowest BCUT2D eigenvalue weighted by molar-refractivity contribution is -0.158. The van der Waals surface area contributed by atoms with Gasteiger partial charge in [-0.15, -0.1) is 0 Å². The minimum atomic E-state index is -0.652. The number of aryl methyl sites for hydroxylation is 1. The number of nitrogens with one attached hydrogen (secondary N) is 1. The molecule has 0 aromatic carbocycles. The van der Waals surface area contributed by atoms with E-state index in [1.165, 1.54) is 10.8 Å². The second-order valence-electron chi connectivity index (χ2n) is 7.18. The number of esters is 1. The smallest absolute Gasteiger partial charge is 0.328 e. The van der Waals surface area contributed by atoms with Gasteiger partial charge in [-0.2, -0.15) is 0 Å². The summed E-state index contributed by atoms with van der Waals surface area (Å²) >= 11 is 0. The monoisotopic (exact) mass is 363 g/mol. The van der Waals surface area contributed by atoms with E-state index in [0.29, 0.717) is 25.0 Å². The van der Waals surface area contributed by atoms with E-state index < -0.39 is 16.7 Å². The van der Waals surface area contributed by atoms with E-state index in [9.17, 15) is 19.2 Å². The average molecular weight is 363 g/mol. The van der Waals surface area contributed by atoms with E-state index >= 15 is 0 Å². The van der Waals surface area contributed by atoms with Crippen LogP contribution in [0.5, 0.6) is 0 Å². The van der Waals surface area contributed by atoms with Crippen molar-refractivity contribution in [2.24, 2.45) is 5.41 Å². The number of fused-ring (bicyclic) bond motifs is 2. The molecular weight excluding hydrogens is 338 g/mol. The highest BCUT2D eigenvalue weighted by Gasteiger charge is 2.60. The van der Waals surface area contributed by atoms with Crippen LogP contribution in [0.3, 0.4) is 0 Å². The largest absolute Gasteiger partial charge is 0.466 e. The number of amides is 1. The molecule has 3 atom stereocenters. The Hall–Kier alpha value is -2.38. The number of hydrogen-bond donors (Lipinski definition) is 1. The second kappa shape index (κ2) is 6.74. The third kappa shape index (κ3) is 2.77. The molecule has 3 heterocycles. The lowest BCUT2D eigenvalue weighted by Crippen LogP contribution is -2.47. The highest BCUT2D eigenvalue weighted by molar-refractivity contribution is 5.83. The SMILES string of the molecule is CCOC(=O)[C@@]1(CC)C[C@H]2CC[C@@H]1N2C(=O)Cn1cc(C)c(=O)[nH]c1=O. The first kappa shape index (κ1) is 18.4. The highest BCUT2D eigenvalue weighted by Crippen LogP contribution is 2.52. The summed E-state index contributed by atoms with van der Waals surface area (Å²) < 4.78 is 6.51. The number of rotatable bonds is 5. The number of aromatic amines is 1. The fraction of sp³-hybridized carbons (Fsp3) is 0.667. The van der Waals surface area contributed by atoms with Crippen LogP contribution in [0.25, 0.3) is 0 Å². The second-order valence-corrected chi connectivity index (χ2v) is 7.18. The van der Waals surface area contributed by atoms with Gasteiger partial charge in [0.1, 0.15) is 6.54 Å². The Labute approximate surface area is 151 Å². The van der Waals surface area contributed by atoms with Crippen molar-refractivity contribution in [2.45, 2.75) is 65.1 Å². The van der Waals surface area contributed by atoms with Gasteiger partial charge in [-0.3, -0.25) is 23.9 Å². The van der Waals surface area contributed by atoms with Gasteiger partial charge in [-0.25, -0.2) is 4.79 Å². The van der Waals surface area contributed by atoms with Crippen molar-refractivity contribution in [1.29, 1.82) is 0 Å². The molecule has 2 aliphatic rings. The molecule has 0 aliphatic carbocycles. The fourth-order valence-electron chi connectivity index (χ4n) is 4.54. The number of nitrogens with zero attached hydrogens (tertiary/aromatic N) is 2. The van der Waals surface area contributed by atoms with E-state index in [2.05, 4.69) is 4.98 Å². The van der Waals surface area contributed by atoms with Gasteiger partial charge in [-0.1, -0.05) is 6.92 Å². The summed E-state index contributed by atoms with van der Waals surface area (Å²) in [7, 11) is 0. The first-order chi connectivity index (χ1) is 12.3. The Morgan fingerprint density at radius 2 is 2.04 bits per heavy atom. The van der Waals surface area contributed by atoms with Gasteiger partial charge in [0.2, 0.25) is 5.91 Å². The minimum Gasteiger partial charge on any atom is -0.466 e. The van der Waals surface area contributed by atoms with Crippen molar-refractivity contribution in [3.8, 4) is 0 Å². The van der Waals surface area contributed by atoms with Crippen LogP contribution in [0.15, 0.2) is 15.8 Å². The molecule has 142 valence electrons. The molecule has 1 N–H and O–H groups in total. The fourth-order valence-corrected chi connectivity index (χ4v) is 4.54. The number of carbonyl (C=O) groups is 2. The maximum Gasteiger partial charge on any atom is 0.328 e. The molecule has 0 radical (unpaired) electrons. The summed E-state index contributed by atoms with van der Waals surface area (Å²) in [5, 5.41) is 0. The lowest BCUT2D eigenvalue weighted by atomic mass is 9.72. The van der Waals surface area contributed by atoms with Crippen LogP contribution in [-0.4, -0.2) is 45.0 Å². The predicted molar refractivity (Wildman–Crippen MR) is 93.7 cm³/mol. The average Bonchev–Trinajstić information content (AvgIpc) is 3.16. The Balaban J connectivity index is 1.85. The molecule has 2 aliphatic heterocycles. The van der Waals surface area contributed by atoms with E-state index in [0.717, 1.165) is 12.8 Å². The van der Waals surface area contributed by atoms with Crippen LogP contribution in [0, 0.1) is 12.3 Å². The molecule has 8 heteroatoms. The summed E-state index contributed by atoms with van der Waals surface area (Å²) in [6.45, 7) is 5.49. The van der Waals surface area contributed by atoms with Crippen molar-refractivity contribution >= 4 is 11.9 Å². The zero-order valence-corrected chi connectivity index (χ0v) is 15.4. The van der Waals surface area contributed by atoms with Gasteiger partial charge < -0.3 is 9.64 Å². The number of ether oxygens (including phenoxy) is 1.